The van der Waals surface area contributed by atoms with Gasteiger partial charge in [-0.25, -0.2) is 9.78 Å². The van der Waals surface area contributed by atoms with Gasteiger partial charge in [-0.3, -0.25) is 15.1 Å². The number of carbonyl (C=O) groups excluding carboxylic acids is 2. The average molecular weight is 424 g/mol. The van der Waals surface area contributed by atoms with Crippen molar-refractivity contribution in [2.45, 2.75) is 0 Å². The Bertz CT molecular complexity index is 1020. The molecular formula is C20H21N7O2S. The van der Waals surface area contributed by atoms with Crippen LogP contribution in [0.15, 0.2) is 54.2 Å². The summed E-state index contributed by atoms with van der Waals surface area (Å²) >= 11 is 1.16. The number of amides is 3. The van der Waals surface area contributed by atoms with Crippen molar-refractivity contribution in [1.82, 2.24) is 15.3 Å². The van der Waals surface area contributed by atoms with Crippen LogP contribution >= 0.6 is 11.3 Å². The minimum atomic E-state index is -0.424. The van der Waals surface area contributed by atoms with E-state index in [1.807, 2.05) is 24.3 Å². The zero-order valence-electron chi connectivity index (χ0n) is 16.1. The van der Waals surface area contributed by atoms with E-state index in [0.717, 1.165) is 43.2 Å². The van der Waals surface area contributed by atoms with Gasteiger partial charge in [0.1, 0.15) is 5.82 Å². The number of hydrogen-bond acceptors (Lipinski definition) is 7. The summed E-state index contributed by atoms with van der Waals surface area (Å²) in [6.45, 7) is 3.49. The molecule has 0 unspecified atom stereocenters. The highest BCUT2D eigenvalue weighted by Crippen LogP contribution is 2.26. The van der Waals surface area contributed by atoms with Gasteiger partial charge >= 0.3 is 6.03 Å². The smallest absolute Gasteiger partial charge is 0.324 e. The number of carbonyl (C=O) groups is 2. The third-order valence-corrected chi connectivity index (χ3v) is 5.32. The van der Waals surface area contributed by atoms with Gasteiger partial charge < -0.3 is 20.9 Å². The predicted molar refractivity (Wildman–Crippen MR) is 118 cm³/mol. The summed E-state index contributed by atoms with van der Waals surface area (Å²) < 4.78 is 0. The Morgan fingerprint density at radius 1 is 1.03 bits per heavy atom. The lowest BCUT2D eigenvalue weighted by atomic mass is 10.2. The lowest BCUT2D eigenvalue weighted by molar-refractivity contribution is 0.102. The molecule has 0 bridgehead atoms. The second-order valence-corrected chi connectivity index (χ2v) is 7.43. The Morgan fingerprint density at radius 2 is 1.83 bits per heavy atom. The van der Waals surface area contributed by atoms with Gasteiger partial charge in [0.25, 0.3) is 5.91 Å². The highest BCUT2D eigenvalue weighted by molar-refractivity contribution is 7.12. The molecule has 4 N–H and O–H groups in total. The van der Waals surface area contributed by atoms with Crippen molar-refractivity contribution in [2.75, 3.05) is 47.0 Å². The summed E-state index contributed by atoms with van der Waals surface area (Å²) in [5.41, 5.74) is 2.23. The molecule has 9 nitrogen and oxygen atoms in total. The summed E-state index contributed by atoms with van der Waals surface area (Å²) in [6, 6.07) is 10.6. The van der Waals surface area contributed by atoms with Crippen molar-refractivity contribution in [2.24, 2.45) is 0 Å². The number of nitrogens with one attached hydrogen (secondary N) is 4. The molecule has 0 saturated carbocycles. The molecular weight excluding hydrogens is 402 g/mol. The van der Waals surface area contributed by atoms with E-state index in [2.05, 4.69) is 36.1 Å². The van der Waals surface area contributed by atoms with Crippen LogP contribution in [-0.2, 0) is 0 Å². The molecule has 4 rings (SSSR count). The Labute approximate surface area is 177 Å². The molecule has 1 saturated heterocycles. The van der Waals surface area contributed by atoms with Gasteiger partial charge in [0.15, 0.2) is 5.01 Å². The van der Waals surface area contributed by atoms with Crippen molar-refractivity contribution in [3.8, 4) is 0 Å². The van der Waals surface area contributed by atoms with Crippen LogP contribution < -0.4 is 26.2 Å². The van der Waals surface area contributed by atoms with Gasteiger partial charge in [-0.05, 0) is 18.2 Å². The third kappa shape index (κ3) is 4.91. The molecule has 30 heavy (non-hydrogen) atoms. The lowest BCUT2D eigenvalue weighted by Gasteiger charge is -2.30. The van der Waals surface area contributed by atoms with E-state index in [-0.39, 0.29) is 10.9 Å². The Kier molecular flexibility index (Phi) is 6.16. The second kappa shape index (κ2) is 9.33. The van der Waals surface area contributed by atoms with Crippen molar-refractivity contribution < 1.29 is 9.59 Å². The van der Waals surface area contributed by atoms with E-state index < -0.39 is 6.03 Å². The van der Waals surface area contributed by atoms with Crippen LogP contribution in [0.25, 0.3) is 0 Å². The number of urea groups is 1. The molecule has 0 radical (unpaired) electrons. The van der Waals surface area contributed by atoms with Crippen LogP contribution in [0.2, 0.25) is 0 Å². The highest BCUT2D eigenvalue weighted by Gasteiger charge is 2.18. The number of nitrogens with zero attached hydrogens (tertiary/aromatic N) is 3. The number of benzene rings is 1. The monoisotopic (exact) mass is 423 g/mol. The molecule has 3 aromatic rings. The molecule has 2 aromatic heterocycles. The van der Waals surface area contributed by atoms with Gasteiger partial charge in [0, 0.05) is 43.4 Å². The Balaban J connectivity index is 1.39. The zero-order valence-corrected chi connectivity index (χ0v) is 16.9. The van der Waals surface area contributed by atoms with E-state index >= 15 is 0 Å². The molecule has 1 aliphatic heterocycles. The van der Waals surface area contributed by atoms with E-state index in [1.165, 1.54) is 0 Å². The topological polar surface area (TPSA) is 111 Å². The molecule has 0 aliphatic carbocycles. The van der Waals surface area contributed by atoms with Gasteiger partial charge in [-0.15, -0.1) is 11.3 Å². The molecule has 1 aliphatic rings. The van der Waals surface area contributed by atoms with Crippen LogP contribution in [0.3, 0.4) is 0 Å². The number of piperazine rings is 1. The van der Waals surface area contributed by atoms with E-state index in [9.17, 15) is 9.59 Å². The number of para-hydroxylation sites is 1. The summed E-state index contributed by atoms with van der Waals surface area (Å²) in [5.74, 6) is -0.0343. The fraction of sp³-hybridized carbons (Fsp3) is 0.200. The van der Waals surface area contributed by atoms with Gasteiger partial charge in [0.2, 0.25) is 0 Å². The Morgan fingerprint density at radius 3 is 2.63 bits per heavy atom. The first-order chi connectivity index (χ1) is 14.7. The van der Waals surface area contributed by atoms with Gasteiger partial charge in [0.05, 0.1) is 17.6 Å². The number of anilines is 4. The molecule has 3 heterocycles. The van der Waals surface area contributed by atoms with E-state index in [1.54, 1.807) is 29.9 Å². The van der Waals surface area contributed by atoms with E-state index in [0.29, 0.717) is 17.2 Å². The summed E-state index contributed by atoms with van der Waals surface area (Å²) in [4.78, 5) is 35.3. The maximum Gasteiger partial charge on any atom is 0.324 e. The quantitative estimate of drug-likeness (QED) is 0.502. The van der Waals surface area contributed by atoms with E-state index in [4.69, 9.17) is 0 Å². The number of hydrogen-bond donors (Lipinski definition) is 4. The van der Waals surface area contributed by atoms with Crippen molar-refractivity contribution in [3.05, 3.63) is 59.2 Å². The molecule has 10 heteroatoms. The standard InChI is InChI=1S/C20H21N7O2S/c28-18(24-15-12-22-7-6-16(15)27-10-8-21-9-11-27)19-25-17(13-30-19)26-20(29)23-14-4-2-1-3-5-14/h1-7,12-13,21H,8-11H2,(H,24,28)(H2,23,26,29). The summed E-state index contributed by atoms with van der Waals surface area (Å²) in [7, 11) is 0. The molecule has 0 atom stereocenters. The summed E-state index contributed by atoms with van der Waals surface area (Å²) in [5, 5.41) is 13.4. The maximum absolute atomic E-state index is 12.7. The first-order valence-electron chi connectivity index (χ1n) is 9.48. The first kappa shape index (κ1) is 19.8. The van der Waals surface area contributed by atoms with Crippen LogP contribution in [0, 0.1) is 0 Å². The van der Waals surface area contributed by atoms with Crippen LogP contribution in [0.1, 0.15) is 9.80 Å². The number of aromatic nitrogens is 2. The summed E-state index contributed by atoms with van der Waals surface area (Å²) in [6.07, 6.45) is 3.35. The zero-order chi connectivity index (χ0) is 20.8. The van der Waals surface area contributed by atoms with Crippen molar-refractivity contribution in [3.63, 3.8) is 0 Å². The Hall–Kier alpha value is -3.50. The molecule has 1 aromatic carbocycles. The normalized spacial score (nSPS) is 13.5. The van der Waals surface area contributed by atoms with Crippen LogP contribution in [0.4, 0.5) is 27.7 Å². The fourth-order valence-corrected chi connectivity index (χ4v) is 3.72. The predicted octanol–water partition coefficient (Wildman–Crippen LogP) is 2.84. The molecule has 1 fully saturated rings. The highest BCUT2D eigenvalue weighted by atomic mass is 32.1. The minimum Gasteiger partial charge on any atom is -0.367 e. The first-order valence-corrected chi connectivity index (χ1v) is 10.4. The van der Waals surface area contributed by atoms with Crippen molar-refractivity contribution in [1.29, 1.82) is 0 Å². The van der Waals surface area contributed by atoms with Gasteiger partial charge in [-0.2, -0.15) is 0 Å². The van der Waals surface area contributed by atoms with Crippen molar-refractivity contribution >= 4 is 46.2 Å². The number of thiazole rings is 1. The molecule has 3 amide bonds. The van der Waals surface area contributed by atoms with Crippen LogP contribution in [-0.4, -0.2) is 48.1 Å². The van der Waals surface area contributed by atoms with Gasteiger partial charge in [-0.1, -0.05) is 18.2 Å². The number of rotatable bonds is 5. The second-order valence-electron chi connectivity index (χ2n) is 6.57. The average Bonchev–Trinajstić information content (AvgIpc) is 3.24. The molecule has 154 valence electrons. The minimum absolute atomic E-state index is 0.250. The van der Waals surface area contributed by atoms with Crippen LogP contribution in [0.5, 0.6) is 0 Å². The molecule has 0 spiro atoms. The SMILES string of the molecule is O=C(Nc1ccccc1)Nc1csc(C(=O)Nc2cnccc2N2CCNCC2)n1. The number of pyridine rings is 1. The third-order valence-electron chi connectivity index (χ3n) is 4.48. The maximum atomic E-state index is 12.7. The lowest BCUT2D eigenvalue weighted by Crippen LogP contribution is -2.43. The fourth-order valence-electron chi connectivity index (χ4n) is 3.08. The largest absolute Gasteiger partial charge is 0.367 e.